The van der Waals surface area contributed by atoms with Gasteiger partial charge in [0.15, 0.2) is 0 Å². The van der Waals surface area contributed by atoms with Crippen LogP contribution in [-0.2, 0) is 5.41 Å². The quantitative estimate of drug-likeness (QED) is 0.784. The molecule has 1 aromatic carbocycles. The van der Waals surface area contributed by atoms with Crippen LogP contribution in [0.4, 0.5) is 5.69 Å². The molecular weight excluding hydrogens is 312 g/mol. The SMILES string of the molecule is CC(C)(C)c1cc(C(=O)NC2CCNCC2)cc(N2CCNCC2)c1. The summed E-state index contributed by atoms with van der Waals surface area (Å²) in [5.74, 6) is 0.0642. The maximum absolute atomic E-state index is 12.9. The average Bonchev–Trinajstić information content (AvgIpc) is 2.62. The molecule has 3 N–H and O–H groups in total. The molecule has 0 spiro atoms. The van der Waals surface area contributed by atoms with Gasteiger partial charge >= 0.3 is 0 Å². The largest absolute Gasteiger partial charge is 0.369 e. The minimum absolute atomic E-state index is 0.0217. The number of carbonyl (C=O) groups is 1. The Balaban J connectivity index is 1.84. The second-order valence-electron chi connectivity index (χ2n) is 8.25. The van der Waals surface area contributed by atoms with Crippen LogP contribution in [0.5, 0.6) is 0 Å². The van der Waals surface area contributed by atoms with E-state index < -0.39 is 0 Å². The number of amides is 1. The zero-order valence-electron chi connectivity index (χ0n) is 15.8. The van der Waals surface area contributed by atoms with Crippen molar-refractivity contribution < 1.29 is 4.79 Å². The standard InChI is InChI=1S/C20H32N4O/c1-20(2,3)16-12-15(19(25)23-17-4-6-21-7-5-17)13-18(14-16)24-10-8-22-9-11-24/h12-14,17,21-22H,4-11H2,1-3H3,(H,23,25). The van der Waals surface area contributed by atoms with E-state index in [1.54, 1.807) is 0 Å². The summed E-state index contributed by atoms with van der Waals surface area (Å²) in [5, 5.41) is 9.97. The lowest BCUT2D eigenvalue weighted by Crippen LogP contribution is -2.44. The van der Waals surface area contributed by atoms with E-state index in [1.165, 1.54) is 11.3 Å². The molecule has 1 amide bonds. The Morgan fingerprint density at radius 2 is 1.68 bits per heavy atom. The zero-order chi connectivity index (χ0) is 17.9. The summed E-state index contributed by atoms with van der Waals surface area (Å²) in [4.78, 5) is 15.2. The van der Waals surface area contributed by atoms with Crippen LogP contribution >= 0.6 is 0 Å². The van der Waals surface area contributed by atoms with E-state index in [-0.39, 0.29) is 17.4 Å². The Hall–Kier alpha value is -1.59. The summed E-state index contributed by atoms with van der Waals surface area (Å²) in [7, 11) is 0. The Kier molecular flexibility index (Phi) is 5.64. The molecular formula is C20H32N4O. The van der Waals surface area contributed by atoms with Crippen molar-refractivity contribution >= 4 is 11.6 Å². The van der Waals surface area contributed by atoms with Crippen LogP contribution in [0, 0.1) is 0 Å². The molecule has 2 heterocycles. The van der Waals surface area contributed by atoms with Crippen LogP contribution < -0.4 is 20.9 Å². The summed E-state index contributed by atoms with van der Waals surface area (Å²) >= 11 is 0. The second-order valence-corrected chi connectivity index (χ2v) is 8.25. The molecule has 5 heteroatoms. The van der Waals surface area contributed by atoms with Gasteiger partial charge in [0.1, 0.15) is 0 Å². The number of nitrogens with zero attached hydrogens (tertiary/aromatic N) is 1. The van der Waals surface area contributed by atoms with Gasteiger partial charge in [-0.05, 0) is 55.1 Å². The van der Waals surface area contributed by atoms with Crippen LogP contribution in [0.1, 0.15) is 49.5 Å². The number of hydrogen-bond acceptors (Lipinski definition) is 4. The third-order valence-electron chi connectivity index (χ3n) is 5.20. The number of piperidine rings is 1. The Bertz CT molecular complexity index is 596. The molecule has 5 nitrogen and oxygen atoms in total. The molecule has 25 heavy (non-hydrogen) atoms. The lowest BCUT2D eigenvalue weighted by molar-refractivity contribution is 0.0929. The van der Waals surface area contributed by atoms with E-state index >= 15 is 0 Å². The first kappa shape index (κ1) is 18.2. The van der Waals surface area contributed by atoms with Gasteiger partial charge in [-0.1, -0.05) is 20.8 Å². The lowest BCUT2D eigenvalue weighted by Gasteiger charge is -2.31. The first-order valence-corrected chi connectivity index (χ1v) is 9.56. The van der Waals surface area contributed by atoms with Crippen LogP contribution in [0.2, 0.25) is 0 Å². The van der Waals surface area contributed by atoms with E-state index in [0.29, 0.717) is 0 Å². The molecule has 0 saturated carbocycles. The van der Waals surface area contributed by atoms with E-state index in [9.17, 15) is 4.79 Å². The molecule has 3 rings (SSSR count). The molecule has 2 aliphatic heterocycles. The highest BCUT2D eigenvalue weighted by atomic mass is 16.1. The van der Waals surface area contributed by atoms with Gasteiger partial charge in [0, 0.05) is 43.5 Å². The van der Waals surface area contributed by atoms with Crippen LogP contribution in [0.25, 0.3) is 0 Å². The summed E-state index contributed by atoms with van der Waals surface area (Å²) in [6, 6.07) is 6.68. The van der Waals surface area contributed by atoms with Gasteiger partial charge in [-0.15, -0.1) is 0 Å². The Morgan fingerprint density at radius 3 is 2.32 bits per heavy atom. The van der Waals surface area contributed by atoms with E-state index in [0.717, 1.165) is 57.7 Å². The van der Waals surface area contributed by atoms with Crippen molar-refractivity contribution in [2.24, 2.45) is 0 Å². The van der Waals surface area contributed by atoms with Crippen molar-refractivity contribution in [3.63, 3.8) is 0 Å². The lowest BCUT2D eigenvalue weighted by atomic mass is 9.85. The van der Waals surface area contributed by atoms with Gasteiger partial charge < -0.3 is 20.9 Å². The predicted octanol–water partition coefficient (Wildman–Crippen LogP) is 1.88. The number of nitrogens with one attached hydrogen (secondary N) is 3. The van der Waals surface area contributed by atoms with Gasteiger partial charge in [-0.25, -0.2) is 0 Å². The van der Waals surface area contributed by atoms with Crippen molar-refractivity contribution in [3.8, 4) is 0 Å². The Labute approximate surface area is 151 Å². The summed E-state index contributed by atoms with van der Waals surface area (Å²) in [5.41, 5.74) is 3.20. The minimum atomic E-state index is 0.0217. The third-order valence-corrected chi connectivity index (χ3v) is 5.20. The molecule has 2 fully saturated rings. The van der Waals surface area contributed by atoms with Gasteiger partial charge in [0.2, 0.25) is 0 Å². The number of piperazine rings is 1. The molecule has 1 aromatic rings. The van der Waals surface area contributed by atoms with Gasteiger partial charge in [-0.3, -0.25) is 4.79 Å². The highest BCUT2D eigenvalue weighted by Gasteiger charge is 2.22. The Morgan fingerprint density at radius 1 is 1.04 bits per heavy atom. The van der Waals surface area contributed by atoms with Crippen molar-refractivity contribution in [2.75, 3.05) is 44.2 Å². The molecule has 0 bridgehead atoms. The third kappa shape index (κ3) is 4.73. The van der Waals surface area contributed by atoms with Gasteiger partial charge in [0.25, 0.3) is 5.91 Å². The van der Waals surface area contributed by atoms with Crippen molar-refractivity contribution in [1.29, 1.82) is 0 Å². The van der Waals surface area contributed by atoms with Gasteiger partial charge in [0.05, 0.1) is 0 Å². The topological polar surface area (TPSA) is 56.4 Å². The second kappa shape index (κ2) is 7.75. The fraction of sp³-hybridized carbons (Fsp3) is 0.650. The average molecular weight is 345 g/mol. The van der Waals surface area contributed by atoms with Crippen molar-refractivity contribution in [1.82, 2.24) is 16.0 Å². The molecule has 0 aliphatic carbocycles. The van der Waals surface area contributed by atoms with E-state index in [2.05, 4.69) is 59.8 Å². The van der Waals surface area contributed by atoms with Crippen LogP contribution in [0.15, 0.2) is 18.2 Å². The normalized spacial score (nSPS) is 19.7. The molecule has 0 atom stereocenters. The number of hydrogen-bond donors (Lipinski definition) is 3. The number of carbonyl (C=O) groups excluding carboxylic acids is 1. The number of rotatable bonds is 3. The first-order chi connectivity index (χ1) is 11.9. The fourth-order valence-corrected chi connectivity index (χ4v) is 3.52. The van der Waals surface area contributed by atoms with Crippen LogP contribution in [0.3, 0.4) is 0 Å². The predicted molar refractivity (Wildman–Crippen MR) is 104 cm³/mol. The molecule has 0 aromatic heterocycles. The first-order valence-electron chi connectivity index (χ1n) is 9.56. The highest BCUT2D eigenvalue weighted by Crippen LogP contribution is 2.28. The summed E-state index contributed by atoms with van der Waals surface area (Å²) < 4.78 is 0. The number of benzene rings is 1. The number of anilines is 1. The summed E-state index contributed by atoms with van der Waals surface area (Å²) in [6.45, 7) is 12.6. The maximum atomic E-state index is 12.9. The fourth-order valence-electron chi connectivity index (χ4n) is 3.52. The highest BCUT2D eigenvalue weighted by molar-refractivity contribution is 5.95. The molecule has 2 saturated heterocycles. The van der Waals surface area contributed by atoms with Crippen molar-refractivity contribution in [3.05, 3.63) is 29.3 Å². The van der Waals surface area contributed by atoms with Crippen molar-refractivity contribution in [2.45, 2.75) is 45.1 Å². The minimum Gasteiger partial charge on any atom is -0.369 e. The maximum Gasteiger partial charge on any atom is 0.251 e. The van der Waals surface area contributed by atoms with Gasteiger partial charge in [-0.2, -0.15) is 0 Å². The van der Waals surface area contributed by atoms with E-state index in [4.69, 9.17) is 0 Å². The molecule has 0 radical (unpaired) electrons. The van der Waals surface area contributed by atoms with Crippen LogP contribution in [-0.4, -0.2) is 51.2 Å². The zero-order valence-corrected chi connectivity index (χ0v) is 15.8. The monoisotopic (exact) mass is 344 g/mol. The molecule has 2 aliphatic rings. The van der Waals surface area contributed by atoms with E-state index in [1.807, 2.05) is 0 Å². The molecule has 0 unspecified atom stereocenters. The molecule has 138 valence electrons. The summed E-state index contributed by atoms with van der Waals surface area (Å²) in [6.07, 6.45) is 2.02. The smallest absolute Gasteiger partial charge is 0.251 e.